The van der Waals surface area contributed by atoms with Crippen molar-refractivity contribution in [1.29, 1.82) is 0 Å². The number of aromatic nitrogens is 2. The maximum Gasteiger partial charge on any atom is 0.225 e. The average molecular weight is 266 g/mol. The van der Waals surface area contributed by atoms with E-state index < -0.39 is 0 Å². The van der Waals surface area contributed by atoms with Crippen LogP contribution in [-0.2, 0) is 6.54 Å². The van der Waals surface area contributed by atoms with Gasteiger partial charge in [-0.15, -0.1) is 0 Å². The Balaban J connectivity index is 2.21. The molecule has 1 aliphatic heterocycles. The van der Waals surface area contributed by atoms with Gasteiger partial charge in [0.25, 0.3) is 0 Å². The van der Waals surface area contributed by atoms with E-state index in [1.54, 1.807) is 0 Å². The molecule has 2 heterocycles. The van der Waals surface area contributed by atoms with Crippen LogP contribution in [0, 0.1) is 6.92 Å². The van der Waals surface area contributed by atoms with Gasteiger partial charge in [0.05, 0.1) is 5.69 Å². The van der Waals surface area contributed by atoms with Crippen molar-refractivity contribution < 1.29 is 0 Å². The minimum absolute atomic E-state index is 0.644. The molecule has 5 heteroatoms. The zero-order chi connectivity index (χ0) is 13.1. The van der Waals surface area contributed by atoms with Crippen molar-refractivity contribution in [2.24, 2.45) is 0 Å². The molecule has 0 aliphatic carbocycles. The van der Waals surface area contributed by atoms with Crippen LogP contribution in [0.2, 0.25) is 0 Å². The lowest BCUT2D eigenvalue weighted by atomic mass is 10.3. The Morgan fingerprint density at radius 2 is 2.00 bits per heavy atom. The van der Waals surface area contributed by atoms with Gasteiger partial charge in [0, 0.05) is 35.8 Å². The van der Waals surface area contributed by atoms with Crippen molar-refractivity contribution in [1.82, 2.24) is 15.3 Å². The quantitative estimate of drug-likeness (QED) is 0.904. The van der Waals surface area contributed by atoms with Crippen LogP contribution in [0.3, 0.4) is 0 Å². The Labute approximate surface area is 114 Å². The van der Waals surface area contributed by atoms with E-state index >= 15 is 0 Å². The standard InChI is InChI=1S/C13H22N4S/c1-9-5-12(6-14-4)16-13(15-9)17-7-10(2)18-11(3)8-17/h5,10-11,14H,6-8H2,1-4H3. The molecule has 1 fully saturated rings. The molecule has 4 nitrogen and oxygen atoms in total. The second-order valence-electron chi connectivity index (χ2n) is 4.99. The summed E-state index contributed by atoms with van der Waals surface area (Å²) in [5.41, 5.74) is 2.11. The topological polar surface area (TPSA) is 41.1 Å². The molecule has 18 heavy (non-hydrogen) atoms. The van der Waals surface area contributed by atoms with E-state index in [-0.39, 0.29) is 0 Å². The van der Waals surface area contributed by atoms with Crippen LogP contribution in [0.1, 0.15) is 25.2 Å². The summed E-state index contributed by atoms with van der Waals surface area (Å²) in [6.45, 7) is 9.46. The van der Waals surface area contributed by atoms with Gasteiger partial charge in [0.2, 0.25) is 5.95 Å². The molecule has 1 N–H and O–H groups in total. The molecule has 0 spiro atoms. The highest BCUT2D eigenvalue weighted by Gasteiger charge is 2.24. The van der Waals surface area contributed by atoms with Crippen LogP contribution >= 0.6 is 11.8 Å². The second-order valence-corrected chi connectivity index (χ2v) is 6.87. The van der Waals surface area contributed by atoms with E-state index in [0.29, 0.717) is 10.5 Å². The predicted octanol–water partition coefficient (Wildman–Crippen LogP) is 1.83. The highest BCUT2D eigenvalue weighted by molar-refractivity contribution is 8.00. The zero-order valence-corrected chi connectivity index (χ0v) is 12.4. The van der Waals surface area contributed by atoms with Crippen molar-refractivity contribution in [3.05, 3.63) is 17.5 Å². The Morgan fingerprint density at radius 1 is 1.33 bits per heavy atom. The van der Waals surface area contributed by atoms with Crippen LogP contribution < -0.4 is 10.2 Å². The smallest absolute Gasteiger partial charge is 0.225 e. The van der Waals surface area contributed by atoms with Gasteiger partial charge in [-0.25, -0.2) is 9.97 Å². The van der Waals surface area contributed by atoms with E-state index in [1.165, 1.54) is 0 Å². The van der Waals surface area contributed by atoms with Crippen LogP contribution in [0.15, 0.2) is 6.07 Å². The third kappa shape index (κ3) is 3.36. The molecule has 1 saturated heterocycles. The molecule has 1 aromatic rings. The first-order valence-electron chi connectivity index (χ1n) is 6.48. The molecule has 0 aromatic carbocycles. The fourth-order valence-electron chi connectivity index (χ4n) is 2.37. The maximum atomic E-state index is 4.66. The molecule has 0 amide bonds. The van der Waals surface area contributed by atoms with E-state index in [1.807, 2.05) is 31.8 Å². The van der Waals surface area contributed by atoms with E-state index in [9.17, 15) is 0 Å². The Kier molecular flexibility index (Phi) is 4.45. The number of hydrogen-bond acceptors (Lipinski definition) is 5. The number of nitrogens with one attached hydrogen (secondary N) is 1. The lowest BCUT2D eigenvalue weighted by molar-refractivity contribution is 0.695. The van der Waals surface area contributed by atoms with E-state index in [2.05, 4.69) is 34.0 Å². The van der Waals surface area contributed by atoms with Gasteiger partial charge in [0.15, 0.2) is 0 Å². The van der Waals surface area contributed by atoms with E-state index in [0.717, 1.165) is 37.0 Å². The summed E-state index contributed by atoms with van der Waals surface area (Å²) in [4.78, 5) is 11.6. The highest BCUT2D eigenvalue weighted by atomic mass is 32.2. The van der Waals surface area contributed by atoms with Crippen molar-refractivity contribution >= 4 is 17.7 Å². The molecule has 1 aromatic heterocycles. The van der Waals surface area contributed by atoms with Gasteiger partial charge in [0.1, 0.15) is 0 Å². The van der Waals surface area contributed by atoms with E-state index in [4.69, 9.17) is 0 Å². The van der Waals surface area contributed by atoms with Crippen molar-refractivity contribution in [3.8, 4) is 0 Å². The molecule has 100 valence electrons. The fraction of sp³-hybridized carbons (Fsp3) is 0.692. The molecular formula is C13H22N4S. The van der Waals surface area contributed by atoms with Crippen LogP contribution in [0.4, 0.5) is 5.95 Å². The number of rotatable bonds is 3. The molecular weight excluding hydrogens is 244 g/mol. The van der Waals surface area contributed by atoms with Gasteiger partial charge in [-0.3, -0.25) is 0 Å². The summed E-state index contributed by atoms with van der Waals surface area (Å²) in [6.07, 6.45) is 0. The third-order valence-electron chi connectivity index (χ3n) is 2.96. The molecule has 2 unspecified atom stereocenters. The molecule has 1 aliphatic rings. The average Bonchev–Trinajstić information content (AvgIpc) is 2.27. The monoisotopic (exact) mass is 266 g/mol. The van der Waals surface area contributed by atoms with Crippen LogP contribution in [-0.4, -0.2) is 40.6 Å². The van der Waals surface area contributed by atoms with Gasteiger partial charge in [-0.1, -0.05) is 13.8 Å². The van der Waals surface area contributed by atoms with Gasteiger partial charge in [-0.2, -0.15) is 11.8 Å². The number of nitrogens with zero attached hydrogens (tertiary/aromatic N) is 3. The molecule has 2 atom stereocenters. The largest absolute Gasteiger partial charge is 0.339 e. The highest BCUT2D eigenvalue weighted by Crippen LogP contribution is 2.27. The normalized spacial score (nSPS) is 24.3. The van der Waals surface area contributed by atoms with Gasteiger partial charge in [-0.05, 0) is 20.0 Å². The fourth-order valence-corrected chi connectivity index (χ4v) is 3.70. The lowest BCUT2D eigenvalue weighted by Gasteiger charge is -2.34. The molecule has 2 rings (SSSR count). The minimum Gasteiger partial charge on any atom is -0.339 e. The number of anilines is 1. The molecule has 0 saturated carbocycles. The first-order valence-corrected chi connectivity index (χ1v) is 7.42. The predicted molar refractivity (Wildman–Crippen MR) is 78.3 cm³/mol. The lowest BCUT2D eigenvalue weighted by Crippen LogP contribution is -2.41. The Morgan fingerprint density at radius 3 is 2.61 bits per heavy atom. The van der Waals surface area contributed by atoms with Crippen LogP contribution in [0.25, 0.3) is 0 Å². The van der Waals surface area contributed by atoms with Crippen molar-refractivity contribution in [2.75, 3.05) is 25.0 Å². The molecule has 0 bridgehead atoms. The number of thioether (sulfide) groups is 1. The van der Waals surface area contributed by atoms with Gasteiger partial charge < -0.3 is 10.2 Å². The summed E-state index contributed by atoms with van der Waals surface area (Å²) in [6, 6.07) is 2.05. The zero-order valence-electron chi connectivity index (χ0n) is 11.6. The second kappa shape index (κ2) is 5.89. The summed E-state index contributed by atoms with van der Waals surface area (Å²) in [7, 11) is 1.94. The SMILES string of the molecule is CNCc1cc(C)nc(N2CC(C)SC(C)C2)n1. The Bertz CT molecular complexity index is 400. The first kappa shape index (κ1) is 13.6. The summed E-state index contributed by atoms with van der Waals surface area (Å²) in [5.74, 6) is 0.888. The van der Waals surface area contributed by atoms with Crippen molar-refractivity contribution in [2.45, 2.75) is 37.8 Å². The van der Waals surface area contributed by atoms with Crippen LogP contribution in [0.5, 0.6) is 0 Å². The summed E-state index contributed by atoms with van der Waals surface area (Å²) >= 11 is 2.05. The maximum absolute atomic E-state index is 4.66. The first-order chi connectivity index (χ1) is 8.58. The minimum atomic E-state index is 0.644. The number of aryl methyl sites for hydroxylation is 1. The third-order valence-corrected chi connectivity index (χ3v) is 4.18. The molecule has 0 radical (unpaired) electrons. The van der Waals surface area contributed by atoms with Crippen molar-refractivity contribution in [3.63, 3.8) is 0 Å². The summed E-state index contributed by atoms with van der Waals surface area (Å²) < 4.78 is 0. The van der Waals surface area contributed by atoms with Gasteiger partial charge >= 0.3 is 0 Å². The summed E-state index contributed by atoms with van der Waals surface area (Å²) in [5, 5.41) is 4.43. The number of hydrogen-bond donors (Lipinski definition) is 1. The Hall–Kier alpha value is -0.810.